The van der Waals surface area contributed by atoms with Crippen LogP contribution < -0.4 is 0 Å². The molecule has 1 atom stereocenters. The molecule has 0 fully saturated rings. The van der Waals surface area contributed by atoms with Crippen LogP contribution in [0.4, 0.5) is 0 Å². The first-order chi connectivity index (χ1) is 5.02. The maximum Gasteiger partial charge on any atom is 0.332 e. The SMILES string of the molecule is O=C(O)C[C@@]1(Cl)C=CC(=O)O1. The Bertz CT molecular complexity index is 235. The van der Waals surface area contributed by atoms with Crippen molar-refractivity contribution in [1.82, 2.24) is 0 Å². The molecule has 0 aliphatic carbocycles. The molecule has 0 bridgehead atoms. The highest BCUT2D eigenvalue weighted by atomic mass is 35.5. The molecule has 0 aromatic rings. The number of halogens is 1. The van der Waals surface area contributed by atoms with Gasteiger partial charge in [0.2, 0.25) is 5.06 Å². The number of rotatable bonds is 2. The van der Waals surface area contributed by atoms with Gasteiger partial charge in [0.1, 0.15) is 6.42 Å². The van der Waals surface area contributed by atoms with E-state index in [0.717, 1.165) is 6.08 Å². The summed E-state index contributed by atoms with van der Waals surface area (Å²) in [6, 6.07) is 0. The standard InChI is InChI=1S/C6H5ClO4/c7-6(3-4(8)9)2-1-5(10)11-6/h1-2H,3H2,(H,8,9)/t6-/m1/s1. The molecule has 0 radical (unpaired) electrons. The summed E-state index contributed by atoms with van der Waals surface area (Å²) < 4.78 is 4.49. The van der Waals surface area contributed by atoms with E-state index in [1.54, 1.807) is 0 Å². The summed E-state index contributed by atoms with van der Waals surface area (Å²) in [7, 11) is 0. The average molecular weight is 177 g/mol. The Morgan fingerprint density at radius 3 is 2.82 bits per heavy atom. The Balaban J connectivity index is 2.63. The minimum atomic E-state index is -1.47. The van der Waals surface area contributed by atoms with Gasteiger partial charge in [-0.2, -0.15) is 0 Å². The van der Waals surface area contributed by atoms with Crippen LogP contribution in [0.25, 0.3) is 0 Å². The second-order valence-corrected chi connectivity index (χ2v) is 2.75. The number of carboxylic acids is 1. The van der Waals surface area contributed by atoms with Gasteiger partial charge in [0.25, 0.3) is 0 Å². The molecule has 11 heavy (non-hydrogen) atoms. The van der Waals surface area contributed by atoms with Crippen molar-refractivity contribution >= 4 is 23.5 Å². The molecule has 60 valence electrons. The molecule has 0 unspecified atom stereocenters. The van der Waals surface area contributed by atoms with E-state index < -0.39 is 23.4 Å². The van der Waals surface area contributed by atoms with E-state index in [9.17, 15) is 9.59 Å². The highest BCUT2D eigenvalue weighted by molar-refractivity contribution is 6.27. The van der Waals surface area contributed by atoms with E-state index in [1.807, 2.05) is 0 Å². The zero-order valence-electron chi connectivity index (χ0n) is 5.41. The van der Waals surface area contributed by atoms with Crippen LogP contribution in [0.5, 0.6) is 0 Å². The molecule has 1 heterocycles. The number of hydrogen-bond donors (Lipinski definition) is 1. The molecule has 4 nitrogen and oxygen atoms in total. The molecule has 0 aromatic heterocycles. The third kappa shape index (κ3) is 1.94. The normalized spacial score (nSPS) is 28.6. The first-order valence-corrected chi connectivity index (χ1v) is 3.22. The number of alkyl halides is 1. The fourth-order valence-electron chi connectivity index (χ4n) is 0.729. The number of carboxylic acid groups (broad SMARTS) is 1. The van der Waals surface area contributed by atoms with Crippen molar-refractivity contribution in [2.45, 2.75) is 11.5 Å². The largest absolute Gasteiger partial charge is 0.481 e. The maximum atomic E-state index is 10.5. The van der Waals surface area contributed by atoms with Crippen LogP contribution in [0.2, 0.25) is 0 Å². The van der Waals surface area contributed by atoms with E-state index in [2.05, 4.69) is 4.74 Å². The minimum absolute atomic E-state index is 0.420. The first-order valence-electron chi connectivity index (χ1n) is 2.85. The predicted octanol–water partition coefficient (Wildman–Crippen LogP) is 0.509. The van der Waals surface area contributed by atoms with Gasteiger partial charge in [0.15, 0.2) is 0 Å². The van der Waals surface area contributed by atoms with Gasteiger partial charge in [0, 0.05) is 6.08 Å². The second-order valence-electron chi connectivity index (χ2n) is 2.11. The number of hydrogen-bond acceptors (Lipinski definition) is 3. The lowest BCUT2D eigenvalue weighted by molar-refractivity contribution is -0.146. The van der Waals surface area contributed by atoms with Gasteiger partial charge in [-0.25, -0.2) is 4.79 Å². The summed E-state index contributed by atoms with van der Waals surface area (Å²) in [5.74, 6) is -1.72. The van der Waals surface area contributed by atoms with Gasteiger partial charge in [-0.05, 0) is 6.08 Å². The molecule has 5 heteroatoms. The van der Waals surface area contributed by atoms with Crippen molar-refractivity contribution < 1.29 is 19.4 Å². The van der Waals surface area contributed by atoms with Crippen LogP contribution in [0.3, 0.4) is 0 Å². The summed E-state index contributed by atoms with van der Waals surface area (Å²) in [6.45, 7) is 0. The molecule has 0 spiro atoms. The summed E-state index contributed by atoms with van der Waals surface area (Å²) in [6.07, 6.45) is 1.91. The summed E-state index contributed by atoms with van der Waals surface area (Å²) in [5.41, 5.74) is 0. The van der Waals surface area contributed by atoms with Crippen molar-refractivity contribution in [3.63, 3.8) is 0 Å². The Morgan fingerprint density at radius 1 is 1.82 bits per heavy atom. The monoisotopic (exact) mass is 176 g/mol. The number of carbonyl (C=O) groups is 2. The molecule has 0 saturated heterocycles. The molecule has 1 aliphatic rings. The first kappa shape index (κ1) is 8.07. The van der Waals surface area contributed by atoms with Crippen LogP contribution in [-0.2, 0) is 14.3 Å². The zero-order valence-corrected chi connectivity index (χ0v) is 6.17. The highest BCUT2D eigenvalue weighted by Crippen LogP contribution is 2.28. The van der Waals surface area contributed by atoms with Gasteiger partial charge in [-0.15, -0.1) is 0 Å². The average Bonchev–Trinajstić information content (AvgIpc) is 2.08. The van der Waals surface area contributed by atoms with Crippen molar-refractivity contribution in [3.8, 4) is 0 Å². The predicted molar refractivity (Wildman–Crippen MR) is 36.1 cm³/mol. The molecule has 0 aromatic carbocycles. The third-order valence-electron chi connectivity index (χ3n) is 1.13. The quantitative estimate of drug-likeness (QED) is 0.492. The minimum Gasteiger partial charge on any atom is -0.481 e. The third-order valence-corrected chi connectivity index (χ3v) is 1.47. The molecular formula is C6H5ClO4. The lowest BCUT2D eigenvalue weighted by Crippen LogP contribution is -2.24. The smallest absolute Gasteiger partial charge is 0.332 e. The van der Waals surface area contributed by atoms with E-state index in [0.29, 0.717) is 0 Å². The molecule has 0 saturated carbocycles. The molecule has 1 aliphatic heterocycles. The van der Waals surface area contributed by atoms with Gasteiger partial charge in [-0.1, -0.05) is 11.6 Å². The zero-order chi connectivity index (χ0) is 8.48. The Kier molecular flexibility index (Phi) is 1.87. The summed E-state index contributed by atoms with van der Waals surface area (Å²) in [5, 5.41) is 6.85. The molecule has 1 rings (SSSR count). The molecule has 1 N–H and O–H groups in total. The summed E-state index contributed by atoms with van der Waals surface area (Å²) >= 11 is 5.55. The van der Waals surface area contributed by atoms with Crippen molar-refractivity contribution in [3.05, 3.63) is 12.2 Å². The van der Waals surface area contributed by atoms with Crippen LogP contribution in [0.15, 0.2) is 12.2 Å². The Morgan fingerprint density at radius 2 is 2.45 bits per heavy atom. The Labute approximate surface area is 67.4 Å². The summed E-state index contributed by atoms with van der Waals surface area (Å²) in [4.78, 5) is 20.6. The Hall–Kier alpha value is -1.03. The van der Waals surface area contributed by atoms with E-state index in [1.165, 1.54) is 6.08 Å². The fourth-order valence-corrected chi connectivity index (χ4v) is 0.982. The number of carbonyl (C=O) groups excluding carboxylic acids is 1. The molecule has 0 amide bonds. The van der Waals surface area contributed by atoms with Gasteiger partial charge in [0.05, 0.1) is 0 Å². The van der Waals surface area contributed by atoms with Crippen LogP contribution >= 0.6 is 11.6 Å². The highest BCUT2D eigenvalue weighted by Gasteiger charge is 2.35. The number of esters is 1. The van der Waals surface area contributed by atoms with E-state index in [-0.39, 0.29) is 0 Å². The van der Waals surface area contributed by atoms with Crippen molar-refractivity contribution in [1.29, 1.82) is 0 Å². The lowest BCUT2D eigenvalue weighted by Gasteiger charge is -2.15. The number of ether oxygens (including phenoxy) is 1. The topological polar surface area (TPSA) is 63.6 Å². The van der Waals surface area contributed by atoms with Gasteiger partial charge < -0.3 is 9.84 Å². The fraction of sp³-hybridized carbons (Fsp3) is 0.333. The van der Waals surface area contributed by atoms with E-state index in [4.69, 9.17) is 16.7 Å². The number of aliphatic carboxylic acids is 1. The second kappa shape index (κ2) is 2.54. The van der Waals surface area contributed by atoms with E-state index >= 15 is 0 Å². The van der Waals surface area contributed by atoms with Gasteiger partial charge >= 0.3 is 11.9 Å². The van der Waals surface area contributed by atoms with Crippen molar-refractivity contribution in [2.75, 3.05) is 0 Å². The maximum absolute atomic E-state index is 10.5. The number of cyclic esters (lactones) is 1. The van der Waals surface area contributed by atoms with Gasteiger partial charge in [-0.3, -0.25) is 4.79 Å². The van der Waals surface area contributed by atoms with Crippen LogP contribution in [0.1, 0.15) is 6.42 Å². The van der Waals surface area contributed by atoms with Crippen LogP contribution in [0, 0.1) is 0 Å². The lowest BCUT2D eigenvalue weighted by atomic mass is 10.2. The van der Waals surface area contributed by atoms with Crippen LogP contribution in [-0.4, -0.2) is 22.1 Å². The van der Waals surface area contributed by atoms with Crippen molar-refractivity contribution in [2.24, 2.45) is 0 Å². The molecular weight excluding hydrogens is 172 g/mol.